The number of fused-ring (bicyclic) bond motifs is 1. The van der Waals surface area contributed by atoms with Crippen LogP contribution in [0.4, 0.5) is 0 Å². The molecule has 3 fully saturated rings. The van der Waals surface area contributed by atoms with Crippen molar-refractivity contribution >= 4 is 11.8 Å². The molecule has 0 aromatic heterocycles. The molecule has 7 atom stereocenters. The minimum atomic E-state index is -0.514. The molecular formula is C27H49N3O3. The Kier molecular flexibility index (Phi) is 8.53. The van der Waals surface area contributed by atoms with Gasteiger partial charge in [-0.05, 0) is 80.2 Å². The molecule has 6 heteroatoms. The molecule has 3 N–H and O–H groups in total. The Balaban J connectivity index is 1.59. The third-order valence-electron chi connectivity index (χ3n) is 8.91. The van der Waals surface area contributed by atoms with Crippen LogP contribution < -0.4 is 10.6 Å². The summed E-state index contributed by atoms with van der Waals surface area (Å²) in [6, 6.07) is 0.0934. The molecule has 0 spiro atoms. The van der Waals surface area contributed by atoms with Crippen molar-refractivity contribution in [2.45, 2.75) is 98.6 Å². The Morgan fingerprint density at radius 2 is 1.79 bits per heavy atom. The van der Waals surface area contributed by atoms with Crippen LogP contribution in [0.2, 0.25) is 0 Å². The molecule has 1 saturated heterocycles. The average molecular weight is 464 g/mol. The predicted molar refractivity (Wildman–Crippen MR) is 133 cm³/mol. The molecule has 3 rings (SSSR count). The van der Waals surface area contributed by atoms with E-state index in [9.17, 15) is 14.7 Å². The molecule has 0 aromatic carbocycles. The largest absolute Gasteiger partial charge is 0.392 e. The van der Waals surface area contributed by atoms with E-state index in [1.807, 2.05) is 6.92 Å². The van der Waals surface area contributed by atoms with Crippen LogP contribution in [-0.2, 0) is 9.59 Å². The fourth-order valence-electron chi connectivity index (χ4n) is 6.94. The van der Waals surface area contributed by atoms with E-state index in [0.717, 1.165) is 45.3 Å². The number of amides is 2. The van der Waals surface area contributed by atoms with Crippen molar-refractivity contribution < 1.29 is 14.7 Å². The van der Waals surface area contributed by atoms with Gasteiger partial charge in [0.2, 0.25) is 11.8 Å². The van der Waals surface area contributed by atoms with Gasteiger partial charge in [0.25, 0.3) is 0 Å². The first-order valence-electron chi connectivity index (χ1n) is 13.4. The lowest BCUT2D eigenvalue weighted by Gasteiger charge is -2.56. The quantitative estimate of drug-likeness (QED) is 0.539. The van der Waals surface area contributed by atoms with Gasteiger partial charge in [-0.25, -0.2) is 0 Å². The summed E-state index contributed by atoms with van der Waals surface area (Å²) in [7, 11) is 0. The van der Waals surface area contributed by atoms with Crippen molar-refractivity contribution in [3.8, 4) is 0 Å². The van der Waals surface area contributed by atoms with Gasteiger partial charge in [0.15, 0.2) is 0 Å². The molecule has 1 heterocycles. The Bertz CT molecular complexity index is 685. The lowest BCUT2D eigenvalue weighted by atomic mass is 9.51. The van der Waals surface area contributed by atoms with Gasteiger partial charge in [0.05, 0.1) is 6.10 Å². The highest BCUT2D eigenvalue weighted by atomic mass is 16.3. The Hall–Kier alpha value is -1.14. The summed E-state index contributed by atoms with van der Waals surface area (Å²) < 4.78 is 0. The molecule has 2 saturated carbocycles. The smallest absolute Gasteiger partial charge is 0.223 e. The van der Waals surface area contributed by atoms with Gasteiger partial charge < -0.3 is 20.6 Å². The highest BCUT2D eigenvalue weighted by molar-refractivity contribution is 5.78. The molecule has 190 valence electrons. The molecule has 2 aliphatic carbocycles. The van der Waals surface area contributed by atoms with Crippen LogP contribution in [0.3, 0.4) is 0 Å². The molecular weight excluding hydrogens is 414 g/mol. The Morgan fingerprint density at radius 3 is 2.42 bits per heavy atom. The van der Waals surface area contributed by atoms with Gasteiger partial charge in [-0.15, -0.1) is 0 Å². The standard InChI is InChI=1S/C27H49N3O3/c1-18(25(33)28-13-16-30-14-7-8-15-30)20-9-11-27(6)12-10-21(19(2)23(27)24(20)32)29-22(31)17-26(3,4)5/h18-21,23-24,32H,7-17H2,1-6H3,(H,28,33)(H,29,31). The molecule has 0 radical (unpaired) electrons. The monoisotopic (exact) mass is 463 g/mol. The molecule has 7 unspecified atom stereocenters. The summed E-state index contributed by atoms with van der Waals surface area (Å²) in [4.78, 5) is 28.0. The lowest BCUT2D eigenvalue weighted by molar-refractivity contribution is -0.144. The fraction of sp³-hybridized carbons (Fsp3) is 0.926. The first-order chi connectivity index (χ1) is 15.4. The summed E-state index contributed by atoms with van der Waals surface area (Å²) in [6.07, 6.45) is 6.43. The second-order valence-corrected chi connectivity index (χ2v) is 12.8. The van der Waals surface area contributed by atoms with Crippen LogP contribution in [-0.4, -0.2) is 60.1 Å². The number of rotatable bonds is 7. The van der Waals surface area contributed by atoms with Crippen molar-refractivity contribution in [2.75, 3.05) is 26.2 Å². The molecule has 2 amide bonds. The number of nitrogens with zero attached hydrogens (tertiary/aromatic N) is 1. The summed E-state index contributed by atoms with van der Waals surface area (Å²) in [6.45, 7) is 16.6. The molecule has 33 heavy (non-hydrogen) atoms. The van der Waals surface area contributed by atoms with Gasteiger partial charge in [0.1, 0.15) is 0 Å². The van der Waals surface area contributed by atoms with E-state index >= 15 is 0 Å². The Labute approximate surface area is 201 Å². The average Bonchev–Trinajstić information content (AvgIpc) is 3.22. The zero-order valence-corrected chi connectivity index (χ0v) is 22.0. The van der Waals surface area contributed by atoms with E-state index in [2.05, 4.69) is 50.2 Å². The van der Waals surface area contributed by atoms with Gasteiger partial charge in [-0.3, -0.25) is 9.59 Å². The predicted octanol–water partition coefficient (Wildman–Crippen LogP) is 3.58. The van der Waals surface area contributed by atoms with E-state index in [1.54, 1.807) is 0 Å². The minimum absolute atomic E-state index is 0.0265. The van der Waals surface area contributed by atoms with E-state index in [4.69, 9.17) is 0 Å². The zero-order chi connectivity index (χ0) is 24.4. The van der Waals surface area contributed by atoms with E-state index in [-0.39, 0.29) is 52.4 Å². The Morgan fingerprint density at radius 1 is 1.15 bits per heavy atom. The third kappa shape index (κ3) is 6.50. The second-order valence-electron chi connectivity index (χ2n) is 12.8. The van der Waals surface area contributed by atoms with Gasteiger partial charge in [-0.2, -0.15) is 0 Å². The summed E-state index contributed by atoms with van der Waals surface area (Å²) in [5.74, 6) is 0.240. The maximum Gasteiger partial charge on any atom is 0.223 e. The second kappa shape index (κ2) is 10.6. The topological polar surface area (TPSA) is 81.7 Å². The lowest BCUT2D eigenvalue weighted by Crippen LogP contribution is -2.58. The van der Waals surface area contributed by atoms with Gasteiger partial charge >= 0.3 is 0 Å². The SMILES string of the molecule is CC(C(=O)NCCN1CCCC1)C1CCC2(C)CCC(NC(=O)CC(C)(C)C)C(C)C2C1O. The number of carbonyl (C=O) groups excluding carboxylic acids is 2. The fourth-order valence-corrected chi connectivity index (χ4v) is 6.94. The van der Waals surface area contributed by atoms with Crippen LogP contribution in [0, 0.1) is 34.5 Å². The van der Waals surface area contributed by atoms with Crippen LogP contribution in [0.1, 0.15) is 86.5 Å². The highest BCUT2D eigenvalue weighted by Crippen LogP contribution is 2.55. The number of hydrogen-bond donors (Lipinski definition) is 3. The first-order valence-corrected chi connectivity index (χ1v) is 13.4. The van der Waals surface area contributed by atoms with Crippen molar-refractivity contribution in [3.63, 3.8) is 0 Å². The molecule has 0 bridgehead atoms. The number of likely N-dealkylation sites (tertiary alicyclic amines) is 1. The third-order valence-corrected chi connectivity index (χ3v) is 8.91. The molecule has 6 nitrogen and oxygen atoms in total. The van der Waals surface area contributed by atoms with E-state index in [1.165, 1.54) is 12.8 Å². The maximum absolute atomic E-state index is 12.9. The van der Waals surface area contributed by atoms with Crippen LogP contribution in [0.25, 0.3) is 0 Å². The number of hydrogen-bond acceptors (Lipinski definition) is 4. The van der Waals surface area contributed by atoms with Crippen LogP contribution >= 0.6 is 0 Å². The van der Waals surface area contributed by atoms with Crippen molar-refractivity contribution in [3.05, 3.63) is 0 Å². The van der Waals surface area contributed by atoms with Crippen LogP contribution in [0.5, 0.6) is 0 Å². The zero-order valence-electron chi connectivity index (χ0n) is 22.0. The van der Waals surface area contributed by atoms with Crippen molar-refractivity contribution in [2.24, 2.45) is 34.5 Å². The maximum atomic E-state index is 12.9. The summed E-state index contributed by atoms with van der Waals surface area (Å²) in [5.41, 5.74) is 0.0378. The molecule has 3 aliphatic rings. The highest BCUT2D eigenvalue weighted by Gasteiger charge is 2.53. The van der Waals surface area contributed by atoms with E-state index < -0.39 is 6.10 Å². The number of aliphatic hydroxyl groups excluding tert-OH is 1. The molecule has 0 aromatic rings. The van der Waals surface area contributed by atoms with Crippen molar-refractivity contribution in [1.29, 1.82) is 0 Å². The number of nitrogens with one attached hydrogen (secondary N) is 2. The summed E-state index contributed by atoms with van der Waals surface area (Å²) >= 11 is 0. The van der Waals surface area contributed by atoms with Crippen molar-refractivity contribution in [1.82, 2.24) is 15.5 Å². The first kappa shape index (κ1) is 26.5. The van der Waals surface area contributed by atoms with Crippen LogP contribution in [0.15, 0.2) is 0 Å². The van der Waals surface area contributed by atoms with E-state index in [0.29, 0.717) is 13.0 Å². The summed E-state index contributed by atoms with van der Waals surface area (Å²) in [5, 5.41) is 18.0. The number of aliphatic hydroxyl groups is 1. The van der Waals surface area contributed by atoms with Gasteiger partial charge in [-0.1, -0.05) is 41.5 Å². The minimum Gasteiger partial charge on any atom is -0.392 e. The van der Waals surface area contributed by atoms with Gasteiger partial charge in [0, 0.05) is 31.5 Å². The number of carbonyl (C=O) groups is 2. The molecule has 1 aliphatic heterocycles. The normalized spacial score (nSPS) is 36.2.